The molecule has 2 fully saturated rings. The number of rotatable bonds is 5. The van der Waals surface area contributed by atoms with E-state index in [-0.39, 0.29) is 29.3 Å². The molecule has 2 saturated heterocycles. The minimum Gasteiger partial charge on any atom is -0.310 e. The highest BCUT2D eigenvalue weighted by Gasteiger charge is 2.33. The van der Waals surface area contributed by atoms with Crippen LogP contribution in [0, 0.1) is 0 Å². The fourth-order valence-electron chi connectivity index (χ4n) is 3.50. The number of benzene rings is 1. The van der Waals surface area contributed by atoms with E-state index >= 15 is 0 Å². The Hall–Kier alpha value is -0.380. The molecule has 26 heavy (non-hydrogen) atoms. The maximum absolute atomic E-state index is 12.7. The van der Waals surface area contributed by atoms with Crippen LogP contribution in [0.15, 0.2) is 18.2 Å². The van der Waals surface area contributed by atoms with Gasteiger partial charge >= 0.3 is 0 Å². The van der Waals surface area contributed by atoms with Gasteiger partial charge in [-0.15, -0.1) is 0 Å². The van der Waals surface area contributed by atoms with Crippen LogP contribution in [0.5, 0.6) is 0 Å². The van der Waals surface area contributed by atoms with Crippen molar-refractivity contribution in [2.45, 2.75) is 37.1 Å². The zero-order valence-electron chi connectivity index (χ0n) is 14.2. The summed E-state index contributed by atoms with van der Waals surface area (Å²) >= 11 is 12.2. The fraction of sp³-hybridized carbons (Fsp3) is 0.625. The Balaban J connectivity index is 1.57. The largest absolute Gasteiger partial charge is 0.310 e. The number of sulfone groups is 1. The molecule has 0 aromatic heterocycles. The molecule has 0 saturated carbocycles. The first kappa shape index (κ1) is 20.4. The number of hydrogen-bond donors (Lipinski definition) is 1. The lowest BCUT2D eigenvalue weighted by Gasteiger charge is -2.33. The van der Waals surface area contributed by atoms with E-state index in [1.54, 1.807) is 18.2 Å². The molecule has 1 atom stereocenters. The number of nitrogens with one attached hydrogen (secondary N) is 1. The van der Waals surface area contributed by atoms with Crippen molar-refractivity contribution < 1.29 is 16.8 Å². The first-order valence-electron chi connectivity index (χ1n) is 8.53. The Labute approximate surface area is 164 Å². The van der Waals surface area contributed by atoms with E-state index in [0.29, 0.717) is 48.0 Å². The molecule has 2 aliphatic heterocycles. The molecular formula is C16H22Cl2N2O4S2. The minimum atomic E-state index is -3.51. The second-order valence-electron chi connectivity index (χ2n) is 6.90. The molecule has 0 spiro atoms. The summed E-state index contributed by atoms with van der Waals surface area (Å²) in [5.74, 6) is 0.192. The Morgan fingerprint density at radius 2 is 1.69 bits per heavy atom. The lowest BCUT2D eigenvalue weighted by molar-refractivity contribution is 0.277. The van der Waals surface area contributed by atoms with Crippen molar-refractivity contribution in [2.75, 3.05) is 24.6 Å². The molecule has 0 bridgehead atoms. The van der Waals surface area contributed by atoms with E-state index in [0.717, 1.165) is 0 Å². The predicted molar refractivity (Wildman–Crippen MR) is 104 cm³/mol. The smallest absolute Gasteiger partial charge is 0.218 e. The minimum absolute atomic E-state index is 0.0184. The Kier molecular flexibility index (Phi) is 6.21. The predicted octanol–water partition coefficient (Wildman–Crippen LogP) is 2.06. The van der Waals surface area contributed by atoms with Gasteiger partial charge in [-0.1, -0.05) is 29.3 Å². The number of piperidine rings is 1. The first-order valence-corrected chi connectivity index (χ1v) is 12.7. The van der Waals surface area contributed by atoms with Gasteiger partial charge in [-0.3, -0.25) is 0 Å². The highest BCUT2D eigenvalue weighted by molar-refractivity contribution is 7.91. The summed E-state index contributed by atoms with van der Waals surface area (Å²) in [6.07, 6.45) is 1.95. The molecule has 1 aromatic rings. The average Bonchev–Trinajstić information content (AvgIpc) is 2.90. The number of halogens is 2. The summed E-state index contributed by atoms with van der Waals surface area (Å²) in [6, 6.07) is 5.06. The third kappa shape index (κ3) is 4.91. The van der Waals surface area contributed by atoms with Crippen molar-refractivity contribution >= 4 is 43.1 Å². The number of sulfonamides is 1. The van der Waals surface area contributed by atoms with Gasteiger partial charge in [-0.05, 0) is 31.4 Å². The molecular weight excluding hydrogens is 419 g/mol. The van der Waals surface area contributed by atoms with Crippen LogP contribution in [0.3, 0.4) is 0 Å². The van der Waals surface area contributed by atoms with Crippen molar-refractivity contribution in [3.05, 3.63) is 33.8 Å². The molecule has 1 unspecified atom stereocenters. The van der Waals surface area contributed by atoms with Gasteiger partial charge in [0.1, 0.15) is 0 Å². The fourth-order valence-corrected chi connectivity index (χ4v) is 7.51. The maximum atomic E-state index is 12.7. The quantitative estimate of drug-likeness (QED) is 0.757. The molecule has 0 radical (unpaired) electrons. The van der Waals surface area contributed by atoms with Crippen LogP contribution in [0.1, 0.15) is 24.8 Å². The van der Waals surface area contributed by atoms with Crippen LogP contribution in [-0.4, -0.2) is 57.8 Å². The highest BCUT2D eigenvalue weighted by Crippen LogP contribution is 2.28. The first-order chi connectivity index (χ1) is 12.2. The van der Waals surface area contributed by atoms with Crippen LogP contribution < -0.4 is 5.32 Å². The van der Waals surface area contributed by atoms with Crippen LogP contribution in [0.2, 0.25) is 10.0 Å². The second kappa shape index (κ2) is 7.93. The zero-order valence-corrected chi connectivity index (χ0v) is 17.3. The Bertz CT molecular complexity index is 846. The van der Waals surface area contributed by atoms with E-state index in [1.165, 1.54) is 4.31 Å². The number of nitrogens with zero attached hydrogens (tertiary/aromatic N) is 1. The normalized spacial score (nSPS) is 24.8. The zero-order chi connectivity index (χ0) is 18.9. The molecule has 6 nitrogen and oxygen atoms in total. The lowest BCUT2D eigenvalue weighted by atomic mass is 10.1. The third-order valence-electron chi connectivity index (χ3n) is 4.94. The van der Waals surface area contributed by atoms with Gasteiger partial charge in [0.2, 0.25) is 10.0 Å². The molecule has 2 heterocycles. The van der Waals surface area contributed by atoms with Crippen LogP contribution in [0.25, 0.3) is 0 Å². The van der Waals surface area contributed by atoms with Gasteiger partial charge in [0, 0.05) is 40.8 Å². The molecule has 3 rings (SSSR count). The molecule has 0 aliphatic carbocycles. The van der Waals surface area contributed by atoms with Crippen LogP contribution >= 0.6 is 23.2 Å². The SMILES string of the molecule is O=S1(=O)CCC(NC2CCN(S(=O)(=O)Cc3c(Cl)cccc3Cl)CC2)C1. The van der Waals surface area contributed by atoms with Gasteiger partial charge in [-0.25, -0.2) is 21.1 Å². The van der Waals surface area contributed by atoms with Crippen LogP contribution in [0.4, 0.5) is 0 Å². The van der Waals surface area contributed by atoms with Gasteiger partial charge < -0.3 is 5.32 Å². The standard InChI is InChI=1S/C16H22Cl2N2O4S2/c17-15-2-1-3-16(18)14(15)11-26(23,24)20-7-4-12(5-8-20)19-13-6-9-25(21,22)10-13/h1-3,12-13,19H,4-11H2. The maximum Gasteiger partial charge on any atom is 0.218 e. The topological polar surface area (TPSA) is 83.6 Å². The summed E-state index contributed by atoms with van der Waals surface area (Å²) in [7, 11) is -6.43. The molecule has 1 aromatic carbocycles. The summed E-state index contributed by atoms with van der Waals surface area (Å²) in [6.45, 7) is 0.809. The summed E-state index contributed by atoms with van der Waals surface area (Å²) in [5.41, 5.74) is 0.423. The summed E-state index contributed by atoms with van der Waals surface area (Å²) in [5, 5.41) is 4.07. The Morgan fingerprint density at radius 3 is 2.23 bits per heavy atom. The molecule has 146 valence electrons. The monoisotopic (exact) mass is 440 g/mol. The molecule has 10 heteroatoms. The van der Waals surface area contributed by atoms with E-state index in [1.807, 2.05) is 0 Å². The molecule has 0 amide bonds. The van der Waals surface area contributed by atoms with Gasteiger partial charge in [-0.2, -0.15) is 0 Å². The van der Waals surface area contributed by atoms with Crippen molar-refractivity contribution in [3.8, 4) is 0 Å². The van der Waals surface area contributed by atoms with Crippen molar-refractivity contribution in [1.82, 2.24) is 9.62 Å². The summed E-state index contributed by atoms with van der Waals surface area (Å²) in [4.78, 5) is 0. The van der Waals surface area contributed by atoms with E-state index in [2.05, 4.69) is 5.32 Å². The van der Waals surface area contributed by atoms with Gasteiger partial charge in [0.25, 0.3) is 0 Å². The lowest BCUT2D eigenvalue weighted by Crippen LogP contribution is -2.48. The second-order valence-corrected chi connectivity index (χ2v) is 11.9. The van der Waals surface area contributed by atoms with Gasteiger partial charge in [0.05, 0.1) is 17.3 Å². The van der Waals surface area contributed by atoms with Gasteiger partial charge in [0.15, 0.2) is 9.84 Å². The van der Waals surface area contributed by atoms with E-state index < -0.39 is 19.9 Å². The molecule has 2 aliphatic rings. The van der Waals surface area contributed by atoms with Crippen molar-refractivity contribution in [3.63, 3.8) is 0 Å². The highest BCUT2D eigenvalue weighted by atomic mass is 35.5. The van der Waals surface area contributed by atoms with E-state index in [4.69, 9.17) is 23.2 Å². The molecule has 1 N–H and O–H groups in total. The number of hydrogen-bond acceptors (Lipinski definition) is 5. The summed E-state index contributed by atoms with van der Waals surface area (Å²) < 4.78 is 50.0. The van der Waals surface area contributed by atoms with Crippen LogP contribution in [-0.2, 0) is 25.6 Å². The van der Waals surface area contributed by atoms with E-state index in [9.17, 15) is 16.8 Å². The third-order valence-corrected chi connectivity index (χ3v) is 9.22. The van der Waals surface area contributed by atoms with Crippen molar-refractivity contribution in [1.29, 1.82) is 0 Å². The average molecular weight is 441 g/mol. The van der Waals surface area contributed by atoms with Crippen molar-refractivity contribution in [2.24, 2.45) is 0 Å². The Morgan fingerprint density at radius 1 is 1.08 bits per heavy atom.